The molecule has 1 aliphatic carbocycles. The van der Waals surface area contributed by atoms with Gasteiger partial charge in [-0.05, 0) is 91.9 Å². The molecule has 10 rings (SSSR count). The minimum absolute atomic E-state index is 0.132. The molecule has 2 unspecified atom stereocenters. The summed E-state index contributed by atoms with van der Waals surface area (Å²) in [4.78, 5) is 53.3. The molecule has 5 aliphatic heterocycles. The molecule has 0 radical (unpaired) electrons. The highest BCUT2D eigenvalue weighted by Crippen LogP contribution is 2.68. The van der Waals surface area contributed by atoms with Crippen molar-refractivity contribution < 1.29 is 47.2 Å². The molecule has 14 heteroatoms. The minimum atomic E-state index is -2.95. The lowest BCUT2D eigenvalue weighted by Gasteiger charge is -2.63. The quantitative estimate of drug-likeness (QED) is 0.110. The topological polar surface area (TPSA) is 134 Å². The fourth-order valence-corrected chi connectivity index (χ4v) is 14.3. The summed E-state index contributed by atoms with van der Waals surface area (Å²) in [6, 6.07) is 18.9. The van der Waals surface area contributed by atoms with Crippen LogP contribution in [0.25, 0.3) is 22.0 Å². The first-order valence-electron chi connectivity index (χ1n) is 23.3. The Morgan fingerprint density at radius 1 is 0.939 bits per heavy atom. The number of carbonyl (C=O) groups is 3. The van der Waals surface area contributed by atoms with E-state index in [0.29, 0.717) is 68.1 Å². The van der Waals surface area contributed by atoms with Crippen molar-refractivity contribution in [2.45, 2.75) is 93.4 Å². The zero-order valence-corrected chi connectivity index (χ0v) is 38.8. The van der Waals surface area contributed by atoms with Gasteiger partial charge in [-0.15, -0.1) is 0 Å². The summed E-state index contributed by atoms with van der Waals surface area (Å²) in [5.41, 5.74) is 0.330. The lowest BCUT2D eigenvalue weighted by Crippen LogP contribution is -2.81. The number of ether oxygens (including phenoxy) is 4. The van der Waals surface area contributed by atoms with Crippen LogP contribution in [0.15, 0.2) is 72.8 Å². The Morgan fingerprint density at radius 2 is 1.70 bits per heavy atom. The number of halogens is 2. The highest BCUT2D eigenvalue weighted by Gasteiger charge is 2.80. The Kier molecular flexibility index (Phi) is 10.5. The number of nitrogens with one attached hydrogen (secondary N) is 1. The molecule has 0 amide bonds. The van der Waals surface area contributed by atoms with Gasteiger partial charge in [0.05, 0.1) is 27.4 Å². The Balaban J connectivity index is 1.27. The molecule has 2 N–H and O–H groups in total. The van der Waals surface area contributed by atoms with Gasteiger partial charge >= 0.3 is 17.9 Å². The molecular formula is C52H60F2N4O8. The van der Waals surface area contributed by atoms with Gasteiger partial charge in [0, 0.05) is 96.9 Å². The van der Waals surface area contributed by atoms with Gasteiger partial charge < -0.3 is 38.8 Å². The maximum Gasteiger partial charge on any atom is 0.344 e. The highest BCUT2D eigenvalue weighted by molar-refractivity contribution is 5.96. The first kappa shape index (κ1) is 44.5. The fraction of sp³-hybridized carbons (Fsp3) is 0.519. The molecule has 12 nitrogen and oxygen atoms in total. The summed E-state index contributed by atoms with van der Waals surface area (Å²) >= 11 is 0. The van der Waals surface area contributed by atoms with Crippen LogP contribution in [0.4, 0.5) is 14.5 Å². The van der Waals surface area contributed by atoms with Gasteiger partial charge in [0.2, 0.25) is 11.5 Å². The molecule has 2 saturated heterocycles. The van der Waals surface area contributed by atoms with Crippen LogP contribution in [-0.2, 0) is 45.8 Å². The maximum absolute atomic E-state index is 15.6. The van der Waals surface area contributed by atoms with E-state index in [1.54, 1.807) is 7.11 Å². The average Bonchev–Trinajstić information content (AvgIpc) is 3.97. The molecule has 350 valence electrons. The predicted octanol–water partition coefficient (Wildman–Crippen LogP) is 6.79. The van der Waals surface area contributed by atoms with Crippen LogP contribution in [0.1, 0.15) is 68.8 Å². The second-order valence-electron chi connectivity index (χ2n) is 19.9. The van der Waals surface area contributed by atoms with Crippen molar-refractivity contribution in [1.82, 2.24) is 14.8 Å². The molecule has 3 fully saturated rings. The van der Waals surface area contributed by atoms with Gasteiger partial charge in [-0.1, -0.05) is 55.5 Å². The number of anilines is 1. The predicted molar refractivity (Wildman–Crippen MR) is 245 cm³/mol. The highest BCUT2D eigenvalue weighted by atomic mass is 19.3. The summed E-state index contributed by atoms with van der Waals surface area (Å²) in [6.45, 7) is 6.72. The summed E-state index contributed by atoms with van der Waals surface area (Å²) in [5.74, 6) is -6.01. The van der Waals surface area contributed by atoms with Crippen LogP contribution in [0.2, 0.25) is 0 Å². The molecular weight excluding hydrogens is 847 g/mol. The number of piperidine rings is 1. The Morgan fingerprint density at radius 3 is 2.38 bits per heavy atom. The van der Waals surface area contributed by atoms with E-state index in [9.17, 15) is 14.7 Å². The van der Waals surface area contributed by atoms with E-state index in [4.69, 9.17) is 18.9 Å². The number of likely N-dealkylation sites (N-methyl/N-ethyl adjacent to an activating group) is 1. The zero-order valence-electron chi connectivity index (χ0n) is 38.8. The number of aromatic amines is 1. The standard InChI is InChI=1S/C52H60F2N4O8/c1-8-49-18-12-20-58-22-19-50(43(49)58)37-25-38(41(63-5)26-40(37)56(4)44(50)52(62,47(61)65-7)45(49)66-30(2)59)51(46(60)64-6)27-31-23-34(48(3,53)54)29-57(28-31)21-17-35-36-24-33(32-13-10-9-11-14-32)15-16-39(36)55-42(35)51/h9-16,18,24-26,31,34,43-45,55,62H,8,17,19-23,27-29H2,1-7H3/t31-,34?,43+,44-,45-,49-,50-,51+,52+/m1/s1. The molecule has 66 heavy (non-hydrogen) atoms. The van der Waals surface area contributed by atoms with Crippen LogP contribution in [0.3, 0.4) is 0 Å². The largest absolute Gasteiger partial charge is 0.496 e. The number of fused-ring (bicyclic) bond motifs is 6. The number of aliphatic hydroxyl groups is 1. The monoisotopic (exact) mass is 906 g/mol. The SMILES string of the molecule is CC[C@]12C=CCN3CC[C@@]4(c5cc([C@@]6(C(=O)OC)C[C@H]7CC(C(C)(F)F)CN(CCc8c6[nH]c6ccc(-c9ccccc9)cc86)C7)c(OC)cc5N(C)[C@H]4[C@@](O)(C(=O)OC)[C@@H]1OC(C)=O)[C@@H]32. The third-order valence-corrected chi connectivity index (χ3v) is 16.8. The van der Waals surface area contributed by atoms with Crippen LogP contribution in [0, 0.1) is 17.3 Å². The molecule has 6 aliphatic rings. The number of benzene rings is 3. The average molecular weight is 907 g/mol. The van der Waals surface area contributed by atoms with Gasteiger partial charge in [-0.25, -0.2) is 13.6 Å². The van der Waals surface area contributed by atoms with Gasteiger partial charge in [-0.3, -0.25) is 14.5 Å². The van der Waals surface area contributed by atoms with Crippen molar-refractivity contribution in [3.8, 4) is 16.9 Å². The first-order valence-corrected chi connectivity index (χ1v) is 23.3. The molecule has 1 saturated carbocycles. The van der Waals surface area contributed by atoms with Crippen LogP contribution in [-0.4, -0.2) is 129 Å². The number of hydrogen-bond donors (Lipinski definition) is 2. The Hall–Kier alpha value is -5.31. The smallest absolute Gasteiger partial charge is 0.344 e. The minimum Gasteiger partial charge on any atom is -0.496 e. The van der Waals surface area contributed by atoms with Gasteiger partial charge in [-0.2, -0.15) is 0 Å². The summed E-state index contributed by atoms with van der Waals surface area (Å²) < 4.78 is 55.1. The lowest BCUT2D eigenvalue weighted by atomic mass is 9.47. The van der Waals surface area contributed by atoms with Crippen molar-refractivity contribution in [1.29, 1.82) is 0 Å². The lowest BCUT2D eigenvalue weighted by molar-refractivity contribution is -0.228. The third kappa shape index (κ3) is 6.05. The second-order valence-corrected chi connectivity index (χ2v) is 19.9. The van der Waals surface area contributed by atoms with E-state index in [1.165, 1.54) is 21.1 Å². The number of aromatic nitrogens is 1. The summed E-state index contributed by atoms with van der Waals surface area (Å²) in [5, 5.41) is 14.3. The van der Waals surface area contributed by atoms with Crippen molar-refractivity contribution in [3.05, 3.63) is 95.2 Å². The van der Waals surface area contributed by atoms with E-state index in [1.807, 2.05) is 67.4 Å². The van der Waals surface area contributed by atoms with E-state index >= 15 is 13.6 Å². The zero-order chi connectivity index (χ0) is 46.7. The van der Waals surface area contributed by atoms with Crippen LogP contribution < -0.4 is 9.64 Å². The number of alkyl halides is 2. The second kappa shape index (κ2) is 15.6. The Labute approximate surface area is 384 Å². The van der Waals surface area contributed by atoms with Gasteiger partial charge in [0.1, 0.15) is 11.2 Å². The summed E-state index contributed by atoms with van der Waals surface area (Å²) in [7, 11) is 5.98. The normalized spacial score (nSPS) is 33.4. The summed E-state index contributed by atoms with van der Waals surface area (Å²) in [6.07, 6.45) is 4.44. The number of rotatable bonds is 8. The molecule has 10 atom stereocenters. The molecule has 3 aromatic carbocycles. The van der Waals surface area contributed by atoms with Crippen molar-refractivity contribution in [2.75, 3.05) is 66.0 Å². The first-order chi connectivity index (χ1) is 31.5. The van der Waals surface area contributed by atoms with E-state index < -0.39 is 63.7 Å². The Bertz CT molecular complexity index is 2650. The number of carbonyl (C=O) groups excluding carboxylic acids is 3. The van der Waals surface area contributed by atoms with Crippen LogP contribution in [0.5, 0.6) is 5.75 Å². The number of H-pyrrole nitrogens is 1. The van der Waals surface area contributed by atoms with Crippen molar-refractivity contribution >= 4 is 34.5 Å². The molecule has 1 aromatic heterocycles. The van der Waals surface area contributed by atoms with E-state index in [-0.39, 0.29) is 31.3 Å². The number of hydrogen-bond acceptors (Lipinski definition) is 11. The molecule has 2 bridgehead atoms. The third-order valence-electron chi connectivity index (χ3n) is 16.8. The molecule has 4 aromatic rings. The molecule has 1 spiro atoms. The van der Waals surface area contributed by atoms with E-state index in [2.05, 4.69) is 39.0 Å². The van der Waals surface area contributed by atoms with E-state index in [0.717, 1.165) is 40.1 Å². The van der Waals surface area contributed by atoms with Crippen molar-refractivity contribution in [2.24, 2.45) is 17.3 Å². The van der Waals surface area contributed by atoms with Crippen molar-refractivity contribution in [3.63, 3.8) is 0 Å². The number of nitrogens with zero attached hydrogens (tertiary/aromatic N) is 3. The van der Waals surface area contributed by atoms with Gasteiger partial charge in [0.25, 0.3) is 0 Å². The van der Waals surface area contributed by atoms with Crippen LogP contribution >= 0.6 is 0 Å². The number of esters is 3. The maximum atomic E-state index is 15.6. The molecule has 6 heterocycles. The fourth-order valence-electron chi connectivity index (χ4n) is 14.3. The van der Waals surface area contributed by atoms with Gasteiger partial charge in [0.15, 0.2) is 6.10 Å². The number of methoxy groups -OCH3 is 3.